The zero-order valence-corrected chi connectivity index (χ0v) is 17.0. The first-order chi connectivity index (χ1) is 14.7. The van der Waals surface area contributed by atoms with Gasteiger partial charge in [-0.3, -0.25) is 9.78 Å². The van der Waals surface area contributed by atoms with Crippen LogP contribution in [0, 0.1) is 0 Å². The van der Waals surface area contributed by atoms with Crippen LogP contribution in [0.25, 0.3) is 11.3 Å². The number of hydrogen-bond donors (Lipinski definition) is 0. The standard InChI is InChI=1S/C22H23N5O3/c1-29-18-12-17(13-19(14-18)30-2)22(28)27-10-8-26(9-11-27)21-6-5-20(24-25-21)16-4-3-7-23-15-16/h3-7,12-15H,8-11H2,1-2H3. The maximum Gasteiger partial charge on any atom is 0.254 e. The van der Waals surface area contributed by atoms with E-state index in [-0.39, 0.29) is 5.91 Å². The van der Waals surface area contributed by atoms with Crippen LogP contribution < -0.4 is 14.4 Å². The van der Waals surface area contributed by atoms with Crippen LogP contribution in [0.5, 0.6) is 11.5 Å². The quantitative estimate of drug-likeness (QED) is 0.645. The molecule has 8 heteroatoms. The van der Waals surface area contributed by atoms with E-state index in [9.17, 15) is 4.79 Å². The van der Waals surface area contributed by atoms with E-state index in [1.165, 1.54) is 0 Å². The lowest BCUT2D eigenvalue weighted by molar-refractivity contribution is 0.0745. The Bertz CT molecular complexity index is 981. The number of carbonyl (C=O) groups is 1. The van der Waals surface area contributed by atoms with Gasteiger partial charge in [0.15, 0.2) is 5.82 Å². The summed E-state index contributed by atoms with van der Waals surface area (Å²) in [5.74, 6) is 1.96. The predicted molar refractivity (Wildman–Crippen MR) is 113 cm³/mol. The smallest absolute Gasteiger partial charge is 0.254 e. The molecule has 1 fully saturated rings. The average molecular weight is 405 g/mol. The number of rotatable bonds is 5. The molecule has 0 spiro atoms. The van der Waals surface area contributed by atoms with Gasteiger partial charge in [0.25, 0.3) is 5.91 Å². The van der Waals surface area contributed by atoms with Gasteiger partial charge in [-0.05, 0) is 36.4 Å². The number of benzene rings is 1. The van der Waals surface area contributed by atoms with Gasteiger partial charge in [-0.1, -0.05) is 0 Å². The van der Waals surface area contributed by atoms with Crippen LogP contribution in [-0.2, 0) is 0 Å². The fourth-order valence-corrected chi connectivity index (χ4v) is 3.41. The molecule has 1 amide bonds. The molecule has 8 nitrogen and oxygen atoms in total. The van der Waals surface area contributed by atoms with Crippen molar-refractivity contribution >= 4 is 11.7 Å². The predicted octanol–water partition coefficient (Wildman–Crippen LogP) is 2.52. The number of ether oxygens (including phenoxy) is 2. The van der Waals surface area contributed by atoms with E-state index in [4.69, 9.17) is 9.47 Å². The Balaban J connectivity index is 1.41. The number of aromatic nitrogens is 3. The summed E-state index contributed by atoms with van der Waals surface area (Å²) >= 11 is 0. The Labute approximate surface area is 175 Å². The number of methoxy groups -OCH3 is 2. The highest BCUT2D eigenvalue weighted by Crippen LogP contribution is 2.24. The van der Waals surface area contributed by atoms with Gasteiger partial charge in [-0.25, -0.2) is 0 Å². The van der Waals surface area contributed by atoms with E-state index >= 15 is 0 Å². The van der Waals surface area contributed by atoms with Crippen LogP contribution in [0.15, 0.2) is 54.9 Å². The maximum atomic E-state index is 12.9. The Hall–Kier alpha value is -3.68. The van der Waals surface area contributed by atoms with Gasteiger partial charge in [0.1, 0.15) is 11.5 Å². The second-order valence-electron chi connectivity index (χ2n) is 6.90. The molecule has 3 aromatic rings. The van der Waals surface area contributed by atoms with Crippen LogP contribution in [0.4, 0.5) is 5.82 Å². The summed E-state index contributed by atoms with van der Waals surface area (Å²) in [7, 11) is 3.14. The van der Waals surface area contributed by atoms with Crippen LogP contribution in [0.3, 0.4) is 0 Å². The summed E-state index contributed by atoms with van der Waals surface area (Å²) in [4.78, 5) is 21.0. The van der Waals surface area contributed by atoms with Crippen molar-refractivity contribution in [2.75, 3.05) is 45.3 Å². The summed E-state index contributed by atoms with van der Waals surface area (Å²) in [5, 5.41) is 8.69. The van der Waals surface area contributed by atoms with E-state index in [1.54, 1.807) is 44.8 Å². The first-order valence-electron chi connectivity index (χ1n) is 9.69. The van der Waals surface area contributed by atoms with Crippen molar-refractivity contribution in [2.45, 2.75) is 0 Å². The molecule has 30 heavy (non-hydrogen) atoms. The monoisotopic (exact) mass is 405 g/mol. The fraction of sp³-hybridized carbons (Fsp3) is 0.273. The van der Waals surface area contributed by atoms with Crippen molar-refractivity contribution in [1.82, 2.24) is 20.1 Å². The Kier molecular flexibility index (Phi) is 5.74. The Morgan fingerprint density at radius 2 is 1.67 bits per heavy atom. The highest BCUT2D eigenvalue weighted by molar-refractivity contribution is 5.95. The summed E-state index contributed by atoms with van der Waals surface area (Å²) in [6.45, 7) is 2.58. The molecule has 2 aromatic heterocycles. The van der Waals surface area contributed by atoms with Crippen LogP contribution in [0.1, 0.15) is 10.4 Å². The van der Waals surface area contributed by atoms with Crippen LogP contribution in [-0.4, -0.2) is 66.4 Å². The lowest BCUT2D eigenvalue weighted by Crippen LogP contribution is -2.49. The first kappa shape index (κ1) is 19.6. The SMILES string of the molecule is COc1cc(OC)cc(C(=O)N2CCN(c3ccc(-c4cccnc4)nn3)CC2)c1. The number of nitrogens with zero attached hydrogens (tertiary/aromatic N) is 5. The molecule has 3 heterocycles. The Morgan fingerprint density at radius 3 is 2.23 bits per heavy atom. The normalized spacial score (nSPS) is 13.8. The molecular weight excluding hydrogens is 382 g/mol. The minimum Gasteiger partial charge on any atom is -0.497 e. The summed E-state index contributed by atoms with van der Waals surface area (Å²) < 4.78 is 10.5. The van der Waals surface area contributed by atoms with Crippen molar-refractivity contribution < 1.29 is 14.3 Å². The largest absolute Gasteiger partial charge is 0.497 e. The summed E-state index contributed by atoms with van der Waals surface area (Å²) in [5.41, 5.74) is 2.27. The van der Waals surface area contributed by atoms with Gasteiger partial charge in [0.05, 0.1) is 19.9 Å². The minimum absolute atomic E-state index is 0.0372. The number of pyridine rings is 1. The maximum absolute atomic E-state index is 12.9. The second-order valence-corrected chi connectivity index (χ2v) is 6.90. The molecule has 1 aromatic carbocycles. The van der Waals surface area contributed by atoms with E-state index < -0.39 is 0 Å². The molecular formula is C22H23N5O3. The molecule has 0 bridgehead atoms. The molecule has 0 aliphatic carbocycles. The number of anilines is 1. The zero-order chi connectivity index (χ0) is 20.9. The van der Waals surface area contributed by atoms with Gasteiger partial charge in [0, 0.05) is 55.8 Å². The molecule has 4 rings (SSSR count). The van der Waals surface area contributed by atoms with Crippen molar-refractivity contribution in [3.8, 4) is 22.8 Å². The van der Waals surface area contributed by atoms with Gasteiger partial charge < -0.3 is 19.3 Å². The van der Waals surface area contributed by atoms with Crippen molar-refractivity contribution in [1.29, 1.82) is 0 Å². The third-order valence-electron chi connectivity index (χ3n) is 5.10. The van der Waals surface area contributed by atoms with E-state index in [0.29, 0.717) is 43.2 Å². The zero-order valence-electron chi connectivity index (χ0n) is 17.0. The molecule has 1 saturated heterocycles. The van der Waals surface area contributed by atoms with Crippen molar-refractivity contribution in [3.05, 3.63) is 60.4 Å². The number of carbonyl (C=O) groups excluding carboxylic acids is 1. The number of hydrogen-bond acceptors (Lipinski definition) is 7. The Morgan fingerprint density at radius 1 is 0.933 bits per heavy atom. The highest BCUT2D eigenvalue weighted by Gasteiger charge is 2.24. The summed E-state index contributed by atoms with van der Waals surface area (Å²) in [6.07, 6.45) is 3.50. The molecule has 0 unspecified atom stereocenters. The van der Waals surface area contributed by atoms with E-state index in [0.717, 1.165) is 17.1 Å². The molecule has 1 aliphatic rings. The fourth-order valence-electron chi connectivity index (χ4n) is 3.41. The third-order valence-corrected chi connectivity index (χ3v) is 5.10. The van der Waals surface area contributed by atoms with Crippen LogP contribution >= 0.6 is 0 Å². The molecule has 0 saturated carbocycles. The van der Waals surface area contributed by atoms with Gasteiger partial charge in [0.2, 0.25) is 0 Å². The summed E-state index contributed by atoms with van der Waals surface area (Å²) in [6, 6.07) is 13.0. The van der Waals surface area contributed by atoms with Gasteiger partial charge in [-0.15, -0.1) is 10.2 Å². The average Bonchev–Trinajstić information content (AvgIpc) is 2.84. The lowest BCUT2D eigenvalue weighted by atomic mass is 10.1. The molecule has 0 radical (unpaired) electrons. The number of amides is 1. The van der Waals surface area contributed by atoms with Crippen LogP contribution in [0.2, 0.25) is 0 Å². The highest BCUT2D eigenvalue weighted by atomic mass is 16.5. The van der Waals surface area contributed by atoms with Gasteiger partial charge >= 0.3 is 0 Å². The van der Waals surface area contributed by atoms with Crippen molar-refractivity contribution in [3.63, 3.8) is 0 Å². The van der Waals surface area contributed by atoms with Crippen molar-refractivity contribution in [2.24, 2.45) is 0 Å². The number of piperazine rings is 1. The molecule has 0 atom stereocenters. The van der Waals surface area contributed by atoms with Gasteiger partial charge in [-0.2, -0.15) is 0 Å². The molecule has 1 aliphatic heterocycles. The molecule has 0 N–H and O–H groups in total. The van der Waals surface area contributed by atoms with E-state index in [2.05, 4.69) is 20.1 Å². The first-order valence-corrected chi connectivity index (χ1v) is 9.69. The minimum atomic E-state index is -0.0372. The second kappa shape index (κ2) is 8.77. The molecule has 154 valence electrons. The topological polar surface area (TPSA) is 80.7 Å². The lowest BCUT2D eigenvalue weighted by Gasteiger charge is -2.35. The third kappa shape index (κ3) is 4.17. The van der Waals surface area contributed by atoms with E-state index in [1.807, 2.05) is 29.2 Å².